The molecule has 2 rings (SSSR count). The minimum atomic E-state index is -3.70. The van der Waals surface area contributed by atoms with Crippen molar-refractivity contribution in [2.24, 2.45) is 0 Å². The van der Waals surface area contributed by atoms with Crippen LogP contribution in [0, 0.1) is 6.92 Å². The second-order valence-corrected chi connectivity index (χ2v) is 7.77. The molecule has 1 heterocycles. The summed E-state index contributed by atoms with van der Waals surface area (Å²) in [6, 6.07) is 3.56. The highest BCUT2D eigenvalue weighted by Gasteiger charge is 2.27. The quantitative estimate of drug-likeness (QED) is 0.729. The van der Waals surface area contributed by atoms with Crippen LogP contribution >= 0.6 is 0 Å². The summed E-state index contributed by atoms with van der Waals surface area (Å²) in [6.45, 7) is 1.58. The van der Waals surface area contributed by atoms with Crippen LogP contribution in [0.3, 0.4) is 0 Å². The van der Waals surface area contributed by atoms with Crippen LogP contribution in [0.25, 0.3) is 0 Å². The molecule has 0 bridgehead atoms. The topological polar surface area (TPSA) is 113 Å². The minimum Gasteiger partial charge on any atom is -0.452 e. The summed E-state index contributed by atoms with van der Waals surface area (Å²) >= 11 is 0. The molecule has 1 aromatic carbocycles. The number of benzene rings is 1. The third-order valence-electron chi connectivity index (χ3n) is 3.69. The number of carbonyl (C=O) groups excluding carboxylic acids is 3. The number of amides is 3. The van der Waals surface area contributed by atoms with Crippen molar-refractivity contribution in [1.82, 2.24) is 14.5 Å². The van der Waals surface area contributed by atoms with E-state index in [0.29, 0.717) is 12.1 Å². The van der Waals surface area contributed by atoms with Crippen LogP contribution in [0.1, 0.15) is 15.9 Å². The molecule has 1 fully saturated rings. The van der Waals surface area contributed by atoms with Gasteiger partial charge in [0, 0.05) is 27.2 Å². The van der Waals surface area contributed by atoms with E-state index in [0.717, 1.165) is 9.21 Å². The van der Waals surface area contributed by atoms with Gasteiger partial charge in [0.15, 0.2) is 6.61 Å². The lowest BCUT2D eigenvalue weighted by atomic mass is 10.1. The van der Waals surface area contributed by atoms with Gasteiger partial charge in [0.25, 0.3) is 5.91 Å². The summed E-state index contributed by atoms with van der Waals surface area (Å²) in [4.78, 5) is 36.4. The van der Waals surface area contributed by atoms with Gasteiger partial charge in [-0.15, -0.1) is 0 Å². The summed E-state index contributed by atoms with van der Waals surface area (Å²) in [7, 11) is -0.940. The van der Waals surface area contributed by atoms with E-state index in [9.17, 15) is 22.8 Å². The Labute approximate surface area is 145 Å². The lowest BCUT2D eigenvalue weighted by Gasteiger charge is -2.14. The molecule has 3 amide bonds. The van der Waals surface area contributed by atoms with Crippen LogP contribution in [0.4, 0.5) is 4.79 Å². The van der Waals surface area contributed by atoms with E-state index in [4.69, 9.17) is 4.74 Å². The molecule has 1 N–H and O–H groups in total. The molecule has 10 heteroatoms. The number of urea groups is 1. The number of carbonyl (C=O) groups is 3. The van der Waals surface area contributed by atoms with Crippen molar-refractivity contribution in [1.29, 1.82) is 0 Å². The number of sulfonamides is 1. The number of esters is 1. The van der Waals surface area contributed by atoms with Crippen molar-refractivity contribution in [3.8, 4) is 0 Å². The molecule has 1 saturated heterocycles. The van der Waals surface area contributed by atoms with Gasteiger partial charge < -0.3 is 10.1 Å². The smallest absolute Gasteiger partial charge is 0.338 e. The molecular formula is C15H19N3O6S. The maximum absolute atomic E-state index is 12.2. The largest absolute Gasteiger partial charge is 0.452 e. The maximum atomic E-state index is 12.2. The number of rotatable bonds is 5. The fraction of sp³-hybridized carbons (Fsp3) is 0.400. The van der Waals surface area contributed by atoms with Gasteiger partial charge in [-0.25, -0.2) is 22.3 Å². The van der Waals surface area contributed by atoms with E-state index in [1.54, 1.807) is 6.92 Å². The van der Waals surface area contributed by atoms with Crippen LogP contribution in [-0.4, -0.2) is 69.3 Å². The van der Waals surface area contributed by atoms with E-state index >= 15 is 0 Å². The van der Waals surface area contributed by atoms with Crippen LogP contribution in [0.5, 0.6) is 0 Å². The first-order chi connectivity index (χ1) is 11.6. The Kier molecular flexibility index (Phi) is 5.43. The average molecular weight is 369 g/mol. The summed E-state index contributed by atoms with van der Waals surface area (Å²) in [5.41, 5.74) is 0.552. The standard InChI is InChI=1S/C15H19N3O6S/c1-10-4-5-11(25(22,23)17(2)3)8-12(10)14(20)24-9-13(19)18-7-6-16-15(18)21/h4-5,8H,6-7,9H2,1-3H3,(H,16,21). The lowest BCUT2D eigenvalue weighted by Crippen LogP contribution is -2.37. The molecule has 0 saturated carbocycles. The predicted molar refractivity (Wildman–Crippen MR) is 87.4 cm³/mol. The van der Waals surface area contributed by atoms with Gasteiger partial charge in [-0.1, -0.05) is 6.07 Å². The lowest BCUT2D eigenvalue weighted by molar-refractivity contribution is -0.130. The number of aryl methyl sites for hydroxylation is 1. The van der Waals surface area contributed by atoms with E-state index in [1.165, 1.54) is 32.3 Å². The summed E-state index contributed by atoms with van der Waals surface area (Å²) in [6.07, 6.45) is 0. The molecule has 1 aliphatic rings. The Morgan fingerprint density at radius 2 is 2.00 bits per heavy atom. The molecule has 0 atom stereocenters. The first kappa shape index (κ1) is 18.9. The van der Waals surface area contributed by atoms with Crippen molar-refractivity contribution >= 4 is 27.9 Å². The van der Waals surface area contributed by atoms with Crippen LogP contribution < -0.4 is 5.32 Å². The molecule has 136 valence electrons. The Bertz CT molecular complexity index is 819. The molecule has 0 unspecified atom stereocenters. The van der Waals surface area contributed by atoms with E-state index in [1.807, 2.05) is 0 Å². The van der Waals surface area contributed by atoms with Crippen LogP contribution in [0.15, 0.2) is 23.1 Å². The van der Waals surface area contributed by atoms with Gasteiger partial charge in [-0.3, -0.25) is 9.69 Å². The Morgan fingerprint density at radius 3 is 2.56 bits per heavy atom. The first-order valence-corrected chi connectivity index (χ1v) is 8.87. The van der Waals surface area contributed by atoms with Gasteiger partial charge in [0.2, 0.25) is 10.0 Å². The second-order valence-electron chi connectivity index (χ2n) is 5.62. The van der Waals surface area contributed by atoms with Gasteiger partial charge in [0.1, 0.15) is 0 Å². The number of nitrogens with zero attached hydrogens (tertiary/aromatic N) is 2. The normalized spacial score (nSPS) is 14.6. The summed E-state index contributed by atoms with van der Waals surface area (Å²) < 4.78 is 30.3. The fourth-order valence-corrected chi connectivity index (χ4v) is 3.11. The number of nitrogens with one attached hydrogen (secondary N) is 1. The third kappa shape index (κ3) is 3.97. The summed E-state index contributed by atoms with van der Waals surface area (Å²) in [5, 5.41) is 2.47. The Morgan fingerprint density at radius 1 is 1.32 bits per heavy atom. The molecule has 1 aliphatic heterocycles. The monoisotopic (exact) mass is 369 g/mol. The highest BCUT2D eigenvalue weighted by molar-refractivity contribution is 7.89. The zero-order valence-corrected chi connectivity index (χ0v) is 14.9. The van der Waals surface area contributed by atoms with Crippen molar-refractivity contribution in [2.75, 3.05) is 33.8 Å². The predicted octanol–water partition coefficient (Wildman–Crippen LogP) is -0.0461. The van der Waals surface area contributed by atoms with Crippen molar-refractivity contribution in [3.63, 3.8) is 0 Å². The van der Waals surface area contributed by atoms with E-state index in [-0.39, 0.29) is 17.0 Å². The number of hydrogen-bond donors (Lipinski definition) is 1. The zero-order valence-electron chi connectivity index (χ0n) is 14.1. The number of hydrogen-bond acceptors (Lipinski definition) is 6. The molecule has 0 spiro atoms. The van der Waals surface area contributed by atoms with Crippen molar-refractivity contribution in [2.45, 2.75) is 11.8 Å². The van der Waals surface area contributed by atoms with Crippen LogP contribution in [0.2, 0.25) is 0 Å². The van der Waals surface area contributed by atoms with Crippen molar-refractivity contribution < 1.29 is 27.5 Å². The SMILES string of the molecule is Cc1ccc(S(=O)(=O)N(C)C)cc1C(=O)OCC(=O)N1CCNC1=O. The van der Waals surface area contributed by atoms with Gasteiger partial charge in [-0.05, 0) is 24.6 Å². The van der Waals surface area contributed by atoms with Crippen LogP contribution in [-0.2, 0) is 19.6 Å². The highest BCUT2D eigenvalue weighted by Crippen LogP contribution is 2.19. The molecule has 25 heavy (non-hydrogen) atoms. The second kappa shape index (κ2) is 7.19. The highest BCUT2D eigenvalue weighted by atomic mass is 32.2. The molecule has 0 aromatic heterocycles. The van der Waals surface area contributed by atoms with Gasteiger partial charge >= 0.3 is 12.0 Å². The Hall–Kier alpha value is -2.46. The maximum Gasteiger partial charge on any atom is 0.338 e. The summed E-state index contributed by atoms with van der Waals surface area (Å²) in [5.74, 6) is -1.47. The van der Waals surface area contributed by atoms with Crippen molar-refractivity contribution in [3.05, 3.63) is 29.3 Å². The molecule has 0 aliphatic carbocycles. The molecule has 0 radical (unpaired) electrons. The van der Waals surface area contributed by atoms with E-state index in [2.05, 4.69) is 5.32 Å². The molecule has 9 nitrogen and oxygen atoms in total. The zero-order chi connectivity index (χ0) is 18.8. The molecular weight excluding hydrogens is 350 g/mol. The number of ether oxygens (including phenoxy) is 1. The van der Waals surface area contributed by atoms with E-state index < -0.39 is 34.5 Å². The number of imide groups is 1. The van der Waals surface area contributed by atoms with Gasteiger partial charge in [-0.2, -0.15) is 0 Å². The van der Waals surface area contributed by atoms with Gasteiger partial charge in [0.05, 0.1) is 10.5 Å². The minimum absolute atomic E-state index is 0.0431. The average Bonchev–Trinajstić information content (AvgIpc) is 2.98. The first-order valence-electron chi connectivity index (χ1n) is 7.43. The Balaban J connectivity index is 2.14. The fourth-order valence-electron chi connectivity index (χ4n) is 2.18. The molecule has 1 aromatic rings. The third-order valence-corrected chi connectivity index (χ3v) is 5.50.